The second-order valence-corrected chi connectivity index (χ2v) is 11.7. The van der Waals surface area contributed by atoms with Crippen LogP contribution in [0.3, 0.4) is 0 Å². The summed E-state index contributed by atoms with van der Waals surface area (Å²) in [6.07, 6.45) is 0. The Labute approximate surface area is 271 Å². The summed E-state index contributed by atoms with van der Waals surface area (Å²) in [6, 6.07) is 32.3. The van der Waals surface area contributed by atoms with Gasteiger partial charge in [-0.1, -0.05) is 96.2 Å². The summed E-state index contributed by atoms with van der Waals surface area (Å²) in [5.74, 6) is 2.31. The lowest BCUT2D eigenvalue weighted by Crippen LogP contribution is -2.31. The van der Waals surface area contributed by atoms with Gasteiger partial charge in [0.2, 0.25) is 11.1 Å². The largest absolute Gasteiger partial charge is 0.492 e. The predicted molar refractivity (Wildman–Crippen MR) is 179 cm³/mol. The Balaban J connectivity index is 1.31. The summed E-state index contributed by atoms with van der Waals surface area (Å²) >= 11 is 7.86. The van der Waals surface area contributed by atoms with E-state index in [1.165, 1.54) is 5.56 Å². The van der Waals surface area contributed by atoms with Crippen LogP contribution in [0.5, 0.6) is 11.5 Å². The highest BCUT2D eigenvalue weighted by Gasteiger charge is 2.34. The number of nitrogens with zero attached hydrogens (tertiary/aromatic N) is 3. The summed E-state index contributed by atoms with van der Waals surface area (Å²) in [5, 5.41) is 12.5. The van der Waals surface area contributed by atoms with Crippen LogP contribution in [0.2, 0.25) is 5.02 Å². The van der Waals surface area contributed by atoms with E-state index in [-0.39, 0.29) is 5.91 Å². The van der Waals surface area contributed by atoms with Gasteiger partial charge in [0.15, 0.2) is 0 Å². The summed E-state index contributed by atoms with van der Waals surface area (Å²) in [4.78, 5) is 18.8. The van der Waals surface area contributed by atoms with Gasteiger partial charge in [-0.05, 0) is 55.3 Å². The van der Waals surface area contributed by atoms with Crippen LogP contribution in [0.4, 0.5) is 11.6 Å². The molecule has 0 bridgehead atoms. The number of allylic oxidation sites excluding steroid dienone is 1. The first-order valence-corrected chi connectivity index (χ1v) is 16.0. The number of rotatable bonds is 11. The first-order chi connectivity index (χ1) is 22.0. The molecule has 0 saturated heterocycles. The number of aromatic nitrogens is 3. The van der Waals surface area contributed by atoms with Crippen molar-refractivity contribution < 1.29 is 14.3 Å². The van der Waals surface area contributed by atoms with Crippen molar-refractivity contribution >= 4 is 40.9 Å². The molecule has 2 heterocycles. The molecule has 1 atom stereocenters. The third-order valence-corrected chi connectivity index (χ3v) is 8.55. The zero-order valence-electron chi connectivity index (χ0n) is 24.9. The number of nitrogens with one attached hydrogen (secondary N) is 2. The number of anilines is 2. The van der Waals surface area contributed by atoms with Crippen molar-refractivity contribution in [1.29, 1.82) is 0 Å². The molecule has 6 rings (SSSR count). The summed E-state index contributed by atoms with van der Waals surface area (Å²) in [6.45, 7) is 4.61. The van der Waals surface area contributed by atoms with Crippen LogP contribution >= 0.6 is 23.4 Å². The zero-order chi connectivity index (χ0) is 31.2. The molecule has 0 spiro atoms. The SMILES string of the molecule is CCOc1ccccc1NC(=O)C1=C(C)Nc2nc(SCc3ccccc3)nn2C1c1ccc(OCc2ccccc2Cl)cc1. The Hall–Kier alpha value is -4.73. The fourth-order valence-corrected chi connectivity index (χ4v) is 6.06. The highest BCUT2D eigenvalue weighted by molar-refractivity contribution is 7.98. The number of thioether (sulfide) groups is 1. The van der Waals surface area contributed by atoms with E-state index in [1.807, 2.05) is 105 Å². The van der Waals surface area contributed by atoms with E-state index in [9.17, 15) is 4.79 Å². The van der Waals surface area contributed by atoms with Gasteiger partial charge in [-0.15, -0.1) is 5.10 Å². The number of amides is 1. The van der Waals surface area contributed by atoms with Crippen molar-refractivity contribution in [1.82, 2.24) is 14.8 Å². The number of carbonyl (C=O) groups is 1. The van der Waals surface area contributed by atoms with Gasteiger partial charge in [-0.3, -0.25) is 4.79 Å². The fraction of sp³-hybridized carbons (Fsp3) is 0.171. The minimum Gasteiger partial charge on any atom is -0.492 e. The van der Waals surface area contributed by atoms with E-state index >= 15 is 0 Å². The standard InChI is InChI=1S/C35H32ClN5O3S/c1-3-43-30-16-10-9-15-29(30)38-33(42)31-23(2)37-34-39-35(45-22-24-11-5-4-6-12-24)40-41(34)32(31)25-17-19-27(20-18-25)44-21-26-13-7-8-14-28(26)36/h4-20,32H,3,21-22H2,1-2H3,(H,38,42)(H,37,39,40). The normalized spacial score (nSPS) is 14.0. The molecule has 1 amide bonds. The van der Waals surface area contributed by atoms with Crippen molar-refractivity contribution in [3.8, 4) is 11.5 Å². The van der Waals surface area contributed by atoms with E-state index < -0.39 is 6.04 Å². The second kappa shape index (κ2) is 13.9. The molecule has 1 aliphatic rings. The van der Waals surface area contributed by atoms with E-state index in [2.05, 4.69) is 22.8 Å². The van der Waals surface area contributed by atoms with Crippen LogP contribution in [0.25, 0.3) is 0 Å². The molecule has 0 radical (unpaired) electrons. The van der Waals surface area contributed by atoms with Crippen molar-refractivity contribution in [2.75, 3.05) is 17.2 Å². The van der Waals surface area contributed by atoms with Gasteiger partial charge in [0.05, 0.1) is 17.9 Å². The van der Waals surface area contributed by atoms with Gasteiger partial charge in [0.25, 0.3) is 5.91 Å². The molecule has 10 heteroatoms. The average molecular weight is 638 g/mol. The highest BCUT2D eigenvalue weighted by Crippen LogP contribution is 2.38. The van der Waals surface area contributed by atoms with Crippen molar-refractivity contribution in [2.45, 2.75) is 37.4 Å². The Morgan fingerprint density at radius 1 is 0.956 bits per heavy atom. The summed E-state index contributed by atoms with van der Waals surface area (Å²) in [5.41, 5.74) is 4.73. The molecule has 2 N–H and O–H groups in total. The van der Waals surface area contributed by atoms with Gasteiger partial charge in [-0.25, -0.2) is 4.68 Å². The first-order valence-electron chi connectivity index (χ1n) is 14.6. The maximum atomic E-state index is 14.0. The van der Waals surface area contributed by atoms with Crippen LogP contribution in [0.1, 0.15) is 36.6 Å². The molecule has 0 fully saturated rings. The molecular weight excluding hydrogens is 606 g/mol. The summed E-state index contributed by atoms with van der Waals surface area (Å²) in [7, 11) is 0. The molecule has 4 aromatic carbocycles. The molecule has 5 aromatic rings. The lowest BCUT2D eigenvalue weighted by Gasteiger charge is -2.29. The number of ether oxygens (including phenoxy) is 2. The Morgan fingerprint density at radius 2 is 1.69 bits per heavy atom. The first kappa shape index (κ1) is 30.3. The lowest BCUT2D eigenvalue weighted by atomic mass is 9.95. The van der Waals surface area contributed by atoms with Crippen LogP contribution in [-0.4, -0.2) is 27.3 Å². The lowest BCUT2D eigenvalue weighted by molar-refractivity contribution is -0.113. The van der Waals surface area contributed by atoms with Gasteiger partial charge >= 0.3 is 0 Å². The van der Waals surface area contributed by atoms with Crippen molar-refractivity contribution in [3.05, 3.63) is 136 Å². The number of hydrogen-bond acceptors (Lipinski definition) is 7. The van der Waals surface area contributed by atoms with E-state index in [1.54, 1.807) is 16.4 Å². The van der Waals surface area contributed by atoms with Crippen LogP contribution in [0.15, 0.2) is 120 Å². The number of hydrogen-bond donors (Lipinski definition) is 2. The fourth-order valence-electron chi connectivity index (χ4n) is 5.08. The maximum absolute atomic E-state index is 14.0. The molecular formula is C35H32ClN5O3S. The smallest absolute Gasteiger partial charge is 0.255 e. The number of halogens is 1. The van der Waals surface area contributed by atoms with Gasteiger partial charge in [-0.2, -0.15) is 4.98 Å². The third-order valence-electron chi connectivity index (χ3n) is 7.27. The van der Waals surface area contributed by atoms with Gasteiger partial charge in [0.1, 0.15) is 24.1 Å². The van der Waals surface area contributed by atoms with Gasteiger partial charge < -0.3 is 20.1 Å². The zero-order valence-corrected chi connectivity index (χ0v) is 26.4. The van der Waals surface area contributed by atoms with E-state index in [4.69, 9.17) is 31.2 Å². The van der Waals surface area contributed by atoms with E-state index in [0.29, 0.717) is 57.8 Å². The van der Waals surface area contributed by atoms with E-state index in [0.717, 1.165) is 16.9 Å². The molecule has 1 unspecified atom stereocenters. The summed E-state index contributed by atoms with van der Waals surface area (Å²) < 4.78 is 13.6. The Bertz CT molecular complexity index is 1830. The van der Waals surface area contributed by atoms with Gasteiger partial charge in [0, 0.05) is 22.0 Å². The molecule has 0 saturated carbocycles. The van der Waals surface area contributed by atoms with Crippen molar-refractivity contribution in [2.24, 2.45) is 0 Å². The predicted octanol–water partition coefficient (Wildman–Crippen LogP) is 8.13. The molecule has 8 nitrogen and oxygen atoms in total. The number of fused-ring (bicyclic) bond motifs is 1. The Kier molecular flexibility index (Phi) is 9.38. The minimum absolute atomic E-state index is 0.268. The molecule has 1 aliphatic heterocycles. The maximum Gasteiger partial charge on any atom is 0.255 e. The molecule has 1 aromatic heterocycles. The monoisotopic (exact) mass is 637 g/mol. The molecule has 0 aliphatic carbocycles. The molecule has 45 heavy (non-hydrogen) atoms. The second-order valence-electron chi connectivity index (χ2n) is 10.3. The highest BCUT2D eigenvalue weighted by atomic mass is 35.5. The number of carbonyl (C=O) groups excluding carboxylic acids is 1. The Morgan fingerprint density at radius 3 is 2.47 bits per heavy atom. The molecule has 228 valence electrons. The van der Waals surface area contributed by atoms with Crippen LogP contribution < -0.4 is 20.1 Å². The average Bonchev–Trinajstić information content (AvgIpc) is 3.47. The number of para-hydroxylation sites is 2. The van der Waals surface area contributed by atoms with Crippen LogP contribution in [-0.2, 0) is 17.2 Å². The topological polar surface area (TPSA) is 90.3 Å². The van der Waals surface area contributed by atoms with Crippen molar-refractivity contribution in [3.63, 3.8) is 0 Å². The third kappa shape index (κ3) is 7.00. The van der Waals surface area contributed by atoms with Crippen LogP contribution in [0, 0.1) is 0 Å². The quantitative estimate of drug-likeness (QED) is 0.141. The number of benzene rings is 4. The minimum atomic E-state index is -0.545.